The lowest BCUT2D eigenvalue weighted by Crippen LogP contribution is -2.05. The van der Waals surface area contributed by atoms with E-state index in [1.54, 1.807) is 22.7 Å². The number of thiophene rings is 1. The molecule has 0 amide bonds. The standard InChI is InChI=1S/C20H23N5S2/c1-5-13(6-2)14-9-11(3)24-25-17(12(4)23-19(14)25)18-15(21)10-16(27-18)20-22-7-8-26-20/h7-10,13H,5-6,21H2,1-4H3. The summed E-state index contributed by atoms with van der Waals surface area (Å²) >= 11 is 3.28. The summed E-state index contributed by atoms with van der Waals surface area (Å²) in [5.74, 6) is 0.482. The lowest BCUT2D eigenvalue weighted by Gasteiger charge is -2.14. The second-order valence-corrected chi connectivity index (χ2v) is 8.71. The molecule has 0 saturated heterocycles. The van der Waals surface area contributed by atoms with E-state index in [0.717, 1.165) is 56.0 Å². The van der Waals surface area contributed by atoms with Gasteiger partial charge in [-0.2, -0.15) is 5.10 Å². The fraction of sp³-hybridized carbons (Fsp3) is 0.350. The van der Waals surface area contributed by atoms with E-state index in [2.05, 4.69) is 24.9 Å². The smallest absolute Gasteiger partial charge is 0.158 e. The summed E-state index contributed by atoms with van der Waals surface area (Å²) in [6.07, 6.45) is 4.00. The summed E-state index contributed by atoms with van der Waals surface area (Å²) in [7, 11) is 0. The monoisotopic (exact) mass is 397 g/mol. The molecule has 4 rings (SSSR count). The van der Waals surface area contributed by atoms with E-state index in [-0.39, 0.29) is 0 Å². The number of nitrogens with two attached hydrogens (primary N) is 1. The van der Waals surface area contributed by atoms with Gasteiger partial charge in [-0.25, -0.2) is 14.5 Å². The molecule has 4 heterocycles. The molecule has 0 unspecified atom stereocenters. The first kappa shape index (κ1) is 18.1. The van der Waals surface area contributed by atoms with Crippen molar-refractivity contribution in [2.75, 3.05) is 5.73 Å². The Morgan fingerprint density at radius 2 is 1.96 bits per heavy atom. The molecule has 2 N–H and O–H groups in total. The third kappa shape index (κ3) is 3.04. The third-order valence-corrected chi connectivity index (χ3v) is 7.05. The number of thiazole rings is 1. The summed E-state index contributed by atoms with van der Waals surface area (Å²) in [6.45, 7) is 8.55. The van der Waals surface area contributed by atoms with E-state index in [9.17, 15) is 0 Å². The first-order valence-electron chi connectivity index (χ1n) is 9.19. The van der Waals surface area contributed by atoms with E-state index in [1.807, 2.05) is 36.0 Å². The van der Waals surface area contributed by atoms with Gasteiger partial charge in [-0.05, 0) is 44.7 Å². The number of fused-ring (bicyclic) bond motifs is 1. The van der Waals surface area contributed by atoms with E-state index < -0.39 is 0 Å². The van der Waals surface area contributed by atoms with Crippen LogP contribution in [0.4, 0.5) is 5.69 Å². The molecule has 4 aromatic rings. The minimum Gasteiger partial charge on any atom is -0.397 e. The van der Waals surface area contributed by atoms with Gasteiger partial charge in [-0.15, -0.1) is 22.7 Å². The number of rotatable bonds is 5. The van der Waals surface area contributed by atoms with Crippen LogP contribution in [0.2, 0.25) is 0 Å². The SMILES string of the molecule is CCC(CC)c1cc(C)nn2c(-c3sc(-c4nccs4)cc3N)c(C)nc12. The molecule has 0 radical (unpaired) electrons. The minimum atomic E-state index is 0.482. The molecular weight excluding hydrogens is 374 g/mol. The normalized spacial score (nSPS) is 11.7. The Bertz CT molecular complexity index is 1090. The Labute approximate surface area is 166 Å². The van der Waals surface area contributed by atoms with E-state index in [1.165, 1.54) is 5.56 Å². The maximum Gasteiger partial charge on any atom is 0.158 e. The van der Waals surface area contributed by atoms with Crippen molar-refractivity contribution in [2.45, 2.75) is 46.5 Å². The topological polar surface area (TPSA) is 69.1 Å². The molecule has 7 heteroatoms. The molecule has 5 nitrogen and oxygen atoms in total. The Balaban J connectivity index is 1.95. The fourth-order valence-corrected chi connectivity index (χ4v) is 5.48. The number of anilines is 1. The lowest BCUT2D eigenvalue weighted by molar-refractivity contribution is 0.638. The van der Waals surface area contributed by atoms with Crippen LogP contribution in [0.5, 0.6) is 0 Å². The number of nitrogen functional groups attached to an aromatic ring is 1. The molecule has 0 bridgehead atoms. The summed E-state index contributed by atoms with van der Waals surface area (Å²) in [4.78, 5) is 11.4. The summed E-state index contributed by atoms with van der Waals surface area (Å²) in [6, 6.07) is 4.19. The van der Waals surface area contributed by atoms with Crippen molar-refractivity contribution in [3.8, 4) is 20.5 Å². The van der Waals surface area contributed by atoms with Crippen LogP contribution in [0.25, 0.3) is 26.1 Å². The van der Waals surface area contributed by atoms with Crippen LogP contribution in [0, 0.1) is 13.8 Å². The zero-order chi connectivity index (χ0) is 19.1. The Morgan fingerprint density at radius 3 is 2.63 bits per heavy atom. The van der Waals surface area contributed by atoms with Gasteiger partial charge in [0.25, 0.3) is 0 Å². The van der Waals surface area contributed by atoms with Gasteiger partial charge in [0.2, 0.25) is 0 Å². The van der Waals surface area contributed by atoms with E-state index in [4.69, 9.17) is 15.8 Å². The van der Waals surface area contributed by atoms with E-state index >= 15 is 0 Å². The molecule has 0 spiro atoms. The van der Waals surface area contributed by atoms with E-state index in [0.29, 0.717) is 5.92 Å². The van der Waals surface area contributed by atoms with Gasteiger partial charge in [0, 0.05) is 17.1 Å². The first-order chi connectivity index (χ1) is 13.0. The van der Waals surface area contributed by atoms with Crippen LogP contribution in [-0.4, -0.2) is 19.6 Å². The highest BCUT2D eigenvalue weighted by atomic mass is 32.1. The zero-order valence-corrected chi connectivity index (χ0v) is 17.6. The van der Waals surface area contributed by atoms with Crippen molar-refractivity contribution in [1.29, 1.82) is 0 Å². The quantitative estimate of drug-likeness (QED) is 0.470. The third-order valence-electron chi connectivity index (χ3n) is 4.95. The number of hydrogen-bond acceptors (Lipinski definition) is 6. The van der Waals surface area contributed by atoms with Crippen molar-refractivity contribution < 1.29 is 0 Å². The average Bonchev–Trinajstić information content (AvgIpc) is 3.35. The molecule has 0 aliphatic carbocycles. The predicted octanol–water partition coefficient (Wildman–Crippen LogP) is 5.68. The van der Waals surface area contributed by atoms with Crippen LogP contribution in [-0.2, 0) is 0 Å². The summed E-state index contributed by atoms with van der Waals surface area (Å²) < 4.78 is 1.99. The largest absolute Gasteiger partial charge is 0.397 e. The van der Waals surface area contributed by atoms with Crippen molar-refractivity contribution in [3.05, 3.63) is 40.7 Å². The van der Waals surface area contributed by atoms with Gasteiger partial charge in [-0.3, -0.25) is 0 Å². The maximum absolute atomic E-state index is 6.41. The van der Waals surface area contributed by atoms with Crippen molar-refractivity contribution in [1.82, 2.24) is 19.6 Å². The summed E-state index contributed by atoms with van der Waals surface area (Å²) in [5.41, 5.74) is 12.3. The van der Waals surface area contributed by atoms with Crippen molar-refractivity contribution in [3.63, 3.8) is 0 Å². The molecule has 0 fully saturated rings. The summed E-state index contributed by atoms with van der Waals surface area (Å²) in [5, 5.41) is 7.77. The second kappa shape index (κ2) is 7.05. The fourth-order valence-electron chi connectivity index (χ4n) is 3.61. The van der Waals surface area contributed by atoms with Crippen molar-refractivity contribution in [2.24, 2.45) is 0 Å². The lowest BCUT2D eigenvalue weighted by atomic mass is 9.95. The van der Waals surface area contributed by atoms with Gasteiger partial charge >= 0.3 is 0 Å². The molecule has 0 saturated carbocycles. The second-order valence-electron chi connectivity index (χ2n) is 6.77. The molecular formula is C20H23N5S2. The van der Waals surface area contributed by atoms with Gasteiger partial charge in [0.05, 0.1) is 26.8 Å². The minimum absolute atomic E-state index is 0.482. The molecule has 0 aromatic carbocycles. The van der Waals surface area contributed by atoms with Gasteiger partial charge in [-0.1, -0.05) is 13.8 Å². The van der Waals surface area contributed by atoms with Gasteiger partial charge in [0.15, 0.2) is 5.65 Å². The zero-order valence-electron chi connectivity index (χ0n) is 16.0. The highest BCUT2D eigenvalue weighted by Gasteiger charge is 2.22. The van der Waals surface area contributed by atoms with Crippen LogP contribution in [0.15, 0.2) is 23.7 Å². The van der Waals surface area contributed by atoms with Crippen LogP contribution in [0.3, 0.4) is 0 Å². The average molecular weight is 398 g/mol. The Morgan fingerprint density at radius 1 is 1.19 bits per heavy atom. The number of nitrogens with zero attached hydrogens (tertiary/aromatic N) is 4. The maximum atomic E-state index is 6.41. The highest BCUT2D eigenvalue weighted by Crippen LogP contribution is 2.42. The Hall–Kier alpha value is -2.25. The number of aryl methyl sites for hydroxylation is 2. The molecule has 4 aromatic heterocycles. The number of imidazole rings is 1. The van der Waals surface area contributed by atoms with Crippen LogP contribution in [0.1, 0.15) is 49.6 Å². The van der Waals surface area contributed by atoms with Crippen LogP contribution >= 0.6 is 22.7 Å². The number of hydrogen-bond donors (Lipinski definition) is 1. The molecule has 140 valence electrons. The predicted molar refractivity (Wildman–Crippen MR) is 115 cm³/mol. The molecule has 27 heavy (non-hydrogen) atoms. The van der Waals surface area contributed by atoms with Gasteiger partial charge < -0.3 is 5.73 Å². The van der Waals surface area contributed by atoms with Crippen molar-refractivity contribution >= 4 is 34.0 Å². The molecule has 0 atom stereocenters. The first-order valence-corrected chi connectivity index (χ1v) is 10.9. The Kier molecular flexibility index (Phi) is 4.74. The number of aromatic nitrogens is 4. The molecule has 0 aliphatic heterocycles. The highest BCUT2D eigenvalue weighted by molar-refractivity contribution is 7.23. The van der Waals surface area contributed by atoms with Crippen LogP contribution < -0.4 is 5.73 Å². The van der Waals surface area contributed by atoms with Gasteiger partial charge in [0.1, 0.15) is 10.7 Å². The molecule has 0 aliphatic rings.